The zero-order valence-corrected chi connectivity index (χ0v) is 9.49. The zero-order chi connectivity index (χ0) is 9.97. The van der Waals surface area contributed by atoms with E-state index >= 15 is 0 Å². The molecule has 0 aliphatic rings. The first kappa shape index (κ1) is 9.68. The minimum Gasteiger partial charge on any atom is -0.236 e. The summed E-state index contributed by atoms with van der Waals surface area (Å²) in [6, 6.07) is 3.98. The van der Waals surface area contributed by atoms with Crippen LogP contribution in [-0.4, -0.2) is 15.7 Å². The molecule has 0 bridgehead atoms. The number of nitrogens with zero attached hydrogens (tertiary/aromatic N) is 2. The maximum absolute atomic E-state index is 4.41. The number of fused-ring (bicyclic) bond motifs is 1. The van der Waals surface area contributed by atoms with Crippen LogP contribution < -0.4 is 0 Å². The van der Waals surface area contributed by atoms with Gasteiger partial charge in [-0.3, -0.25) is 0 Å². The van der Waals surface area contributed by atoms with E-state index < -0.39 is 0 Å². The molecule has 0 spiro atoms. The van der Waals surface area contributed by atoms with Gasteiger partial charge in [0.1, 0.15) is 0 Å². The summed E-state index contributed by atoms with van der Waals surface area (Å²) in [4.78, 5) is 8.61. The second-order valence-corrected chi connectivity index (χ2v) is 5.30. The summed E-state index contributed by atoms with van der Waals surface area (Å²) < 4.78 is 2.22. The van der Waals surface area contributed by atoms with Crippen molar-refractivity contribution >= 4 is 33.4 Å². The molecule has 2 nitrogen and oxygen atoms in total. The van der Waals surface area contributed by atoms with Crippen molar-refractivity contribution in [2.75, 3.05) is 5.75 Å². The normalized spacial score (nSPS) is 10.6. The second kappa shape index (κ2) is 4.11. The van der Waals surface area contributed by atoms with Gasteiger partial charge in [0.2, 0.25) is 0 Å². The molecule has 0 saturated heterocycles. The molecule has 2 aromatic rings. The average molecular weight is 222 g/mol. The quantitative estimate of drug-likeness (QED) is 0.588. The van der Waals surface area contributed by atoms with Gasteiger partial charge in [-0.2, -0.15) is 0 Å². The minimum absolute atomic E-state index is 0.849. The molecule has 2 rings (SSSR count). The molecular formula is C10H10N2S2. The van der Waals surface area contributed by atoms with Crippen LogP contribution in [0.4, 0.5) is 0 Å². The minimum atomic E-state index is 0.849. The van der Waals surface area contributed by atoms with Crippen molar-refractivity contribution in [3.63, 3.8) is 0 Å². The van der Waals surface area contributed by atoms with E-state index in [0.29, 0.717) is 0 Å². The molecule has 0 aromatic carbocycles. The van der Waals surface area contributed by atoms with Crippen LogP contribution in [0.15, 0.2) is 34.8 Å². The number of thioether (sulfide) groups is 1. The van der Waals surface area contributed by atoms with E-state index in [4.69, 9.17) is 0 Å². The molecule has 2 heterocycles. The predicted molar refractivity (Wildman–Crippen MR) is 63.0 cm³/mol. The van der Waals surface area contributed by atoms with Gasteiger partial charge in [-0.25, -0.2) is 9.97 Å². The Bertz CT molecular complexity index is 429. The summed E-state index contributed by atoms with van der Waals surface area (Å²) in [5.41, 5.74) is 2.02. The summed E-state index contributed by atoms with van der Waals surface area (Å²) in [5, 5.41) is 0. The lowest BCUT2D eigenvalue weighted by Gasteiger charge is -1.93. The summed E-state index contributed by atoms with van der Waals surface area (Å²) in [5.74, 6) is 0.930. The van der Waals surface area contributed by atoms with Crippen LogP contribution in [0.5, 0.6) is 0 Å². The number of thiazole rings is 1. The number of rotatable bonds is 3. The van der Waals surface area contributed by atoms with Crippen molar-refractivity contribution in [1.82, 2.24) is 9.97 Å². The van der Waals surface area contributed by atoms with Crippen LogP contribution in [0.25, 0.3) is 10.3 Å². The Hall–Kier alpha value is -0.870. The van der Waals surface area contributed by atoms with Crippen LogP contribution >= 0.6 is 23.1 Å². The highest BCUT2D eigenvalue weighted by molar-refractivity contribution is 8.01. The molecule has 0 saturated carbocycles. The van der Waals surface area contributed by atoms with Crippen molar-refractivity contribution in [3.05, 3.63) is 30.5 Å². The Balaban J connectivity index is 2.22. The zero-order valence-electron chi connectivity index (χ0n) is 7.86. The van der Waals surface area contributed by atoms with E-state index in [0.717, 1.165) is 20.4 Å². The van der Waals surface area contributed by atoms with E-state index in [1.165, 1.54) is 5.57 Å². The topological polar surface area (TPSA) is 25.8 Å². The lowest BCUT2D eigenvalue weighted by molar-refractivity contribution is 1.23. The number of aromatic nitrogens is 2. The number of pyridine rings is 1. The van der Waals surface area contributed by atoms with Crippen LogP contribution in [0.1, 0.15) is 6.92 Å². The Labute approximate surface area is 91.1 Å². The largest absolute Gasteiger partial charge is 0.236 e. The molecule has 0 aliphatic heterocycles. The molecule has 0 fully saturated rings. The highest BCUT2D eigenvalue weighted by Gasteiger charge is 2.03. The fourth-order valence-corrected chi connectivity index (χ4v) is 2.86. The standard InChI is InChI=1S/C10H10N2S2/c1-7(2)6-13-10-12-9-8(14-10)4-3-5-11-9/h3-5H,1,6H2,2H3. The number of hydrogen-bond acceptors (Lipinski definition) is 4. The Morgan fingerprint density at radius 1 is 1.64 bits per heavy atom. The molecule has 0 aliphatic carbocycles. The van der Waals surface area contributed by atoms with E-state index in [9.17, 15) is 0 Å². The van der Waals surface area contributed by atoms with E-state index in [2.05, 4.69) is 16.5 Å². The van der Waals surface area contributed by atoms with Crippen LogP contribution in [-0.2, 0) is 0 Å². The van der Waals surface area contributed by atoms with Gasteiger partial charge in [0.05, 0.1) is 4.70 Å². The van der Waals surface area contributed by atoms with Crippen molar-refractivity contribution in [1.29, 1.82) is 0 Å². The van der Waals surface area contributed by atoms with E-state index in [1.54, 1.807) is 29.3 Å². The van der Waals surface area contributed by atoms with Gasteiger partial charge in [-0.1, -0.05) is 23.9 Å². The van der Waals surface area contributed by atoms with Crippen LogP contribution in [0.2, 0.25) is 0 Å². The van der Waals surface area contributed by atoms with Crippen LogP contribution in [0, 0.1) is 0 Å². The van der Waals surface area contributed by atoms with Crippen LogP contribution in [0.3, 0.4) is 0 Å². The van der Waals surface area contributed by atoms with Gasteiger partial charge in [0.15, 0.2) is 9.99 Å². The molecule has 0 unspecified atom stereocenters. The Kier molecular flexibility index (Phi) is 2.84. The van der Waals surface area contributed by atoms with E-state index in [-0.39, 0.29) is 0 Å². The average Bonchev–Trinajstić information content (AvgIpc) is 2.57. The maximum atomic E-state index is 4.41. The summed E-state index contributed by atoms with van der Waals surface area (Å²) in [7, 11) is 0. The van der Waals surface area contributed by atoms with Gasteiger partial charge in [-0.05, 0) is 19.1 Å². The molecule has 0 amide bonds. The summed E-state index contributed by atoms with van der Waals surface area (Å²) in [6.07, 6.45) is 1.77. The predicted octanol–water partition coefficient (Wildman–Crippen LogP) is 3.36. The van der Waals surface area contributed by atoms with Gasteiger partial charge in [0, 0.05) is 11.9 Å². The summed E-state index contributed by atoms with van der Waals surface area (Å²) in [6.45, 7) is 5.89. The van der Waals surface area contributed by atoms with Crippen molar-refractivity contribution in [2.45, 2.75) is 11.3 Å². The molecule has 4 heteroatoms. The lowest BCUT2D eigenvalue weighted by Crippen LogP contribution is -1.78. The molecule has 72 valence electrons. The highest BCUT2D eigenvalue weighted by atomic mass is 32.2. The fraction of sp³-hybridized carbons (Fsp3) is 0.200. The Morgan fingerprint density at radius 3 is 3.21 bits per heavy atom. The third-order valence-corrected chi connectivity index (χ3v) is 3.97. The molecule has 0 radical (unpaired) electrons. The second-order valence-electron chi connectivity index (χ2n) is 3.05. The maximum Gasteiger partial charge on any atom is 0.171 e. The van der Waals surface area contributed by atoms with Gasteiger partial charge in [0.25, 0.3) is 0 Å². The van der Waals surface area contributed by atoms with Gasteiger partial charge >= 0.3 is 0 Å². The highest BCUT2D eigenvalue weighted by Crippen LogP contribution is 2.28. The molecule has 14 heavy (non-hydrogen) atoms. The monoisotopic (exact) mass is 222 g/mol. The van der Waals surface area contributed by atoms with Crippen molar-refractivity contribution < 1.29 is 0 Å². The van der Waals surface area contributed by atoms with Gasteiger partial charge < -0.3 is 0 Å². The first-order valence-electron chi connectivity index (χ1n) is 4.24. The number of hydrogen-bond donors (Lipinski definition) is 0. The lowest BCUT2D eigenvalue weighted by atomic mass is 10.4. The SMILES string of the molecule is C=C(C)CSc1nc2ncccc2s1. The summed E-state index contributed by atoms with van der Waals surface area (Å²) >= 11 is 3.41. The van der Waals surface area contributed by atoms with Gasteiger partial charge in [-0.15, -0.1) is 11.3 Å². The fourth-order valence-electron chi connectivity index (χ4n) is 0.996. The van der Waals surface area contributed by atoms with Crippen molar-refractivity contribution in [2.24, 2.45) is 0 Å². The molecule has 2 aromatic heterocycles. The molecule has 0 atom stereocenters. The molecular weight excluding hydrogens is 212 g/mol. The third kappa shape index (κ3) is 2.13. The van der Waals surface area contributed by atoms with Crippen molar-refractivity contribution in [3.8, 4) is 0 Å². The molecule has 0 N–H and O–H groups in total. The Morgan fingerprint density at radius 2 is 2.50 bits per heavy atom. The first-order chi connectivity index (χ1) is 6.75. The first-order valence-corrected chi connectivity index (χ1v) is 6.04. The van der Waals surface area contributed by atoms with E-state index in [1.807, 2.05) is 19.1 Å². The third-order valence-electron chi connectivity index (χ3n) is 1.59. The smallest absolute Gasteiger partial charge is 0.171 e.